The van der Waals surface area contributed by atoms with Gasteiger partial charge >= 0.3 is 0 Å². The third-order valence-corrected chi connectivity index (χ3v) is 3.77. The molecule has 2 atom stereocenters. The minimum absolute atomic E-state index is 0.358. The molecule has 74 valence electrons. The van der Waals surface area contributed by atoms with E-state index >= 15 is 0 Å². The van der Waals surface area contributed by atoms with Crippen LogP contribution >= 0.6 is 0 Å². The normalized spacial score (nSPS) is 36.4. The first-order chi connectivity index (χ1) is 6.38. The smallest absolute Gasteiger partial charge is 0.0255 e. The van der Waals surface area contributed by atoms with Crippen LogP contribution in [0.15, 0.2) is 12.2 Å². The molecule has 2 aliphatic rings. The molecule has 0 spiro atoms. The molecule has 2 N–H and O–H groups in total. The summed E-state index contributed by atoms with van der Waals surface area (Å²) in [7, 11) is 0. The summed E-state index contributed by atoms with van der Waals surface area (Å²) >= 11 is 0. The summed E-state index contributed by atoms with van der Waals surface area (Å²) in [6, 6.07) is 0.358. The van der Waals surface area contributed by atoms with Crippen LogP contribution in [0.4, 0.5) is 0 Å². The Morgan fingerprint density at radius 2 is 1.77 bits per heavy atom. The Kier molecular flexibility index (Phi) is 3.05. The van der Waals surface area contributed by atoms with Crippen molar-refractivity contribution in [2.45, 2.75) is 51.0 Å². The van der Waals surface area contributed by atoms with E-state index in [1.807, 2.05) is 0 Å². The van der Waals surface area contributed by atoms with Gasteiger partial charge in [0.25, 0.3) is 0 Å². The number of hydrogen-bond donors (Lipinski definition) is 1. The molecular formula is C12H21N. The quantitative estimate of drug-likeness (QED) is 0.615. The number of hydrogen-bond acceptors (Lipinski definition) is 1. The lowest BCUT2D eigenvalue weighted by atomic mass is 9.73. The van der Waals surface area contributed by atoms with E-state index in [1.54, 1.807) is 0 Å². The number of allylic oxidation sites excluding steroid dienone is 1. The second-order valence-corrected chi connectivity index (χ2v) is 4.64. The van der Waals surface area contributed by atoms with Crippen LogP contribution in [0.2, 0.25) is 0 Å². The van der Waals surface area contributed by atoms with Crippen molar-refractivity contribution in [2.75, 3.05) is 0 Å². The van der Waals surface area contributed by atoms with Crippen LogP contribution < -0.4 is 5.73 Å². The van der Waals surface area contributed by atoms with E-state index < -0.39 is 0 Å². The fourth-order valence-electron chi connectivity index (χ4n) is 2.99. The first kappa shape index (κ1) is 9.26. The van der Waals surface area contributed by atoms with Gasteiger partial charge in [0.15, 0.2) is 0 Å². The molecular weight excluding hydrogens is 158 g/mol. The monoisotopic (exact) mass is 179 g/mol. The van der Waals surface area contributed by atoms with Gasteiger partial charge in [-0.2, -0.15) is 0 Å². The highest BCUT2D eigenvalue weighted by Crippen LogP contribution is 2.35. The molecule has 1 heteroatoms. The highest BCUT2D eigenvalue weighted by molar-refractivity contribution is 5.01. The zero-order valence-corrected chi connectivity index (χ0v) is 8.41. The largest absolute Gasteiger partial charge is 0.324 e. The van der Waals surface area contributed by atoms with Crippen molar-refractivity contribution < 1.29 is 0 Å². The van der Waals surface area contributed by atoms with Crippen LogP contribution in [0, 0.1) is 11.8 Å². The minimum Gasteiger partial charge on any atom is -0.324 e. The molecule has 2 aliphatic carbocycles. The van der Waals surface area contributed by atoms with Crippen molar-refractivity contribution in [1.82, 2.24) is 0 Å². The zero-order chi connectivity index (χ0) is 9.10. The molecule has 0 saturated heterocycles. The van der Waals surface area contributed by atoms with Gasteiger partial charge in [-0.05, 0) is 24.7 Å². The van der Waals surface area contributed by atoms with E-state index in [9.17, 15) is 0 Å². The van der Waals surface area contributed by atoms with Crippen molar-refractivity contribution in [2.24, 2.45) is 17.6 Å². The van der Waals surface area contributed by atoms with E-state index in [2.05, 4.69) is 12.2 Å². The van der Waals surface area contributed by atoms with Gasteiger partial charge in [-0.25, -0.2) is 0 Å². The van der Waals surface area contributed by atoms with Gasteiger partial charge in [0, 0.05) is 6.04 Å². The van der Waals surface area contributed by atoms with Gasteiger partial charge in [-0.15, -0.1) is 0 Å². The van der Waals surface area contributed by atoms with Gasteiger partial charge in [0.1, 0.15) is 0 Å². The van der Waals surface area contributed by atoms with Crippen molar-refractivity contribution >= 4 is 0 Å². The van der Waals surface area contributed by atoms with E-state index in [-0.39, 0.29) is 0 Å². The van der Waals surface area contributed by atoms with Crippen LogP contribution in [0.3, 0.4) is 0 Å². The van der Waals surface area contributed by atoms with Gasteiger partial charge in [-0.1, -0.05) is 44.3 Å². The fraction of sp³-hybridized carbons (Fsp3) is 0.833. The van der Waals surface area contributed by atoms with Gasteiger partial charge in [0.2, 0.25) is 0 Å². The highest BCUT2D eigenvalue weighted by Gasteiger charge is 2.28. The van der Waals surface area contributed by atoms with E-state index in [0.29, 0.717) is 6.04 Å². The standard InChI is InChI=1S/C12H21N/c13-12-9-5-4-8-11(12)10-6-2-1-3-7-10/h5,9-12H,1-4,6-8,13H2. The van der Waals surface area contributed by atoms with Crippen LogP contribution in [-0.2, 0) is 0 Å². The van der Waals surface area contributed by atoms with Crippen molar-refractivity contribution in [1.29, 1.82) is 0 Å². The minimum atomic E-state index is 0.358. The van der Waals surface area contributed by atoms with Crippen LogP contribution in [0.25, 0.3) is 0 Å². The predicted octanol–water partition coefficient (Wildman–Crippen LogP) is 2.86. The van der Waals surface area contributed by atoms with Gasteiger partial charge < -0.3 is 5.73 Å². The van der Waals surface area contributed by atoms with Crippen molar-refractivity contribution in [3.63, 3.8) is 0 Å². The molecule has 0 aromatic carbocycles. The lowest BCUT2D eigenvalue weighted by Crippen LogP contribution is -2.36. The third-order valence-electron chi connectivity index (χ3n) is 3.77. The average Bonchev–Trinajstić information content (AvgIpc) is 2.20. The molecule has 0 bridgehead atoms. The second-order valence-electron chi connectivity index (χ2n) is 4.64. The molecule has 0 aromatic heterocycles. The molecule has 0 aliphatic heterocycles. The molecule has 13 heavy (non-hydrogen) atoms. The summed E-state index contributed by atoms with van der Waals surface area (Å²) in [5, 5.41) is 0. The second kappa shape index (κ2) is 4.28. The van der Waals surface area contributed by atoms with E-state index in [1.165, 1.54) is 44.9 Å². The summed E-state index contributed by atoms with van der Waals surface area (Å²) in [5.41, 5.74) is 6.12. The Bertz CT molecular complexity index is 180. The molecule has 0 heterocycles. The fourth-order valence-corrected chi connectivity index (χ4v) is 2.99. The summed E-state index contributed by atoms with van der Waals surface area (Å²) in [6.07, 6.45) is 14.3. The zero-order valence-electron chi connectivity index (χ0n) is 8.41. The number of nitrogens with two attached hydrogens (primary N) is 1. The summed E-state index contributed by atoms with van der Waals surface area (Å²) in [5.74, 6) is 1.74. The topological polar surface area (TPSA) is 26.0 Å². The van der Waals surface area contributed by atoms with Gasteiger partial charge in [0.05, 0.1) is 0 Å². The summed E-state index contributed by atoms with van der Waals surface area (Å²) in [4.78, 5) is 0. The molecule has 2 rings (SSSR count). The SMILES string of the molecule is NC1C=CCCC1C1CCCCC1. The van der Waals surface area contributed by atoms with Gasteiger partial charge in [-0.3, -0.25) is 0 Å². The lowest BCUT2D eigenvalue weighted by molar-refractivity contribution is 0.216. The Balaban J connectivity index is 1.94. The Morgan fingerprint density at radius 3 is 2.46 bits per heavy atom. The average molecular weight is 179 g/mol. The third kappa shape index (κ3) is 2.14. The lowest BCUT2D eigenvalue weighted by Gasteiger charge is -2.34. The van der Waals surface area contributed by atoms with Crippen LogP contribution in [0.5, 0.6) is 0 Å². The number of rotatable bonds is 1. The molecule has 2 unspecified atom stereocenters. The first-order valence-electron chi connectivity index (χ1n) is 5.80. The maximum absolute atomic E-state index is 6.12. The molecule has 0 amide bonds. The summed E-state index contributed by atoms with van der Waals surface area (Å²) < 4.78 is 0. The Labute approximate surface area is 81.4 Å². The molecule has 1 nitrogen and oxygen atoms in total. The maximum atomic E-state index is 6.12. The van der Waals surface area contributed by atoms with E-state index in [4.69, 9.17) is 5.73 Å². The molecule has 1 fully saturated rings. The van der Waals surface area contributed by atoms with Crippen LogP contribution in [-0.4, -0.2) is 6.04 Å². The predicted molar refractivity (Wildman–Crippen MR) is 56.4 cm³/mol. The maximum Gasteiger partial charge on any atom is 0.0255 e. The Morgan fingerprint density at radius 1 is 1.00 bits per heavy atom. The van der Waals surface area contributed by atoms with E-state index in [0.717, 1.165) is 11.8 Å². The molecule has 0 radical (unpaired) electrons. The molecule has 1 saturated carbocycles. The first-order valence-corrected chi connectivity index (χ1v) is 5.80. The van der Waals surface area contributed by atoms with Crippen molar-refractivity contribution in [3.05, 3.63) is 12.2 Å². The Hall–Kier alpha value is -0.300. The van der Waals surface area contributed by atoms with Crippen molar-refractivity contribution in [3.8, 4) is 0 Å². The highest BCUT2D eigenvalue weighted by atomic mass is 14.7. The molecule has 0 aromatic rings. The summed E-state index contributed by atoms with van der Waals surface area (Å²) in [6.45, 7) is 0. The van der Waals surface area contributed by atoms with Crippen LogP contribution in [0.1, 0.15) is 44.9 Å².